The Balaban J connectivity index is 1.01. The second-order valence-corrected chi connectivity index (χ2v) is 15.8. The smallest absolute Gasteiger partial charge is 0.138 e. The number of benzene rings is 8. The van der Waals surface area contributed by atoms with E-state index in [1.165, 1.54) is 43.8 Å². The highest BCUT2D eigenvalue weighted by Crippen LogP contribution is 2.50. The molecule has 8 aromatic rings. The molecule has 3 N–H and O–H groups in total. The number of rotatable bonds is 8. The molecule has 290 valence electrons. The molecular formula is C55H44N4O. The van der Waals surface area contributed by atoms with Crippen LogP contribution >= 0.6 is 0 Å². The zero-order chi connectivity index (χ0) is 39.8. The summed E-state index contributed by atoms with van der Waals surface area (Å²) < 4.78 is 7.04. The second kappa shape index (κ2) is 15.6. The molecule has 0 bridgehead atoms. The van der Waals surface area contributed by atoms with Crippen LogP contribution in [0.4, 0.5) is 17.1 Å². The molecule has 3 unspecified atom stereocenters. The van der Waals surface area contributed by atoms with Crippen molar-refractivity contribution < 1.29 is 4.74 Å². The maximum absolute atomic E-state index is 7.04. The summed E-state index contributed by atoms with van der Waals surface area (Å²) in [6, 6.07) is 73.6. The molecule has 3 atom stereocenters. The van der Waals surface area contributed by atoms with Crippen LogP contribution < -0.4 is 36.0 Å². The fraction of sp³-hybridized carbons (Fsp3) is 0.0909. The first kappa shape index (κ1) is 36.1. The molecule has 0 saturated carbocycles. The van der Waals surface area contributed by atoms with Gasteiger partial charge < -0.3 is 9.64 Å². The number of anilines is 3. The van der Waals surface area contributed by atoms with Crippen molar-refractivity contribution in [3.8, 4) is 28.0 Å². The molecule has 60 heavy (non-hydrogen) atoms. The molecule has 2 heterocycles. The fourth-order valence-corrected chi connectivity index (χ4v) is 9.13. The molecule has 1 aliphatic carbocycles. The lowest BCUT2D eigenvalue weighted by Crippen LogP contribution is -2.54. The zero-order valence-corrected chi connectivity index (χ0v) is 33.1. The van der Waals surface area contributed by atoms with Crippen LogP contribution in [0.5, 0.6) is 5.75 Å². The molecule has 5 nitrogen and oxygen atoms in total. The number of para-hydroxylation sites is 1. The summed E-state index contributed by atoms with van der Waals surface area (Å²) in [4.78, 5) is 2.32. The van der Waals surface area contributed by atoms with E-state index in [0.29, 0.717) is 0 Å². The lowest BCUT2D eigenvalue weighted by atomic mass is 9.87. The molecule has 0 aromatic heterocycles. The maximum atomic E-state index is 7.04. The quantitative estimate of drug-likeness (QED) is 0.143. The second-order valence-electron chi connectivity index (χ2n) is 15.8. The lowest BCUT2D eigenvalue weighted by Gasteiger charge is -2.40. The van der Waals surface area contributed by atoms with Crippen molar-refractivity contribution in [2.45, 2.75) is 30.8 Å². The van der Waals surface area contributed by atoms with Gasteiger partial charge in [0.05, 0.1) is 18.5 Å². The first-order chi connectivity index (χ1) is 29.7. The standard InChI is InChI=1S/C55H44N4O/c1-5-15-37(16-6-1)38-25-30-45(31-26-38)59(44-22-11-4-12-23-44)46-32-27-40(28-33-46)49-35-43(36-50-48-34-29-39-17-13-14-24-47(39)51(48)60-52(49)50)55-57-53(41-18-7-2-8-19-41)56-54(58-55)42-20-9-3-10-21-42/h1-33,35-36,48,53-58H,34H2. The van der Waals surface area contributed by atoms with Crippen molar-refractivity contribution in [3.05, 3.63) is 239 Å². The molecule has 0 radical (unpaired) electrons. The Labute approximate surface area is 351 Å². The average Bonchev–Trinajstić information content (AvgIpc) is 3.72. The highest BCUT2D eigenvalue weighted by Gasteiger charge is 2.36. The van der Waals surface area contributed by atoms with Gasteiger partial charge in [0.15, 0.2) is 0 Å². The van der Waals surface area contributed by atoms with Gasteiger partial charge in [0.25, 0.3) is 0 Å². The number of fused-ring (bicyclic) bond motifs is 4. The highest BCUT2D eigenvalue weighted by atomic mass is 16.5. The summed E-state index contributed by atoms with van der Waals surface area (Å²) in [7, 11) is 0. The summed E-state index contributed by atoms with van der Waals surface area (Å²) in [5, 5.41) is 14.1. The van der Waals surface area contributed by atoms with E-state index in [-0.39, 0.29) is 24.4 Å². The van der Waals surface area contributed by atoms with Crippen LogP contribution in [-0.4, -0.2) is 0 Å². The van der Waals surface area contributed by atoms with Gasteiger partial charge in [-0.05, 0) is 93.6 Å². The van der Waals surface area contributed by atoms with E-state index < -0.39 is 0 Å². The molecule has 8 aromatic carbocycles. The summed E-state index contributed by atoms with van der Waals surface area (Å²) in [5.41, 5.74) is 12.6. The van der Waals surface area contributed by atoms with E-state index in [0.717, 1.165) is 46.1 Å². The zero-order valence-electron chi connectivity index (χ0n) is 33.1. The Morgan fingerprint density at radius 1 is 0.433 bits per heavy atom. The Morgan fingerprint density at radius 3 is 1.53 bits per heavy atom. The van der Waals surface area contributed by atoms with Crippen molar-refractivity contribution in [2.75, 3.05) is 4.90 Å². The minimum atomic E-state index is -0.152. The molecule has 5 heteroatoms. The van der Waals surface area contributed by atoms with Gasteiger partial charge in [-0.1, -0.05) is 164 Å². The number of nitrogens with one attached hydrogen (secondary N) is 3. The molecule has 3 aliphatic rings. The summed E-state index contributed by atoms with van der Waals surface area (Å²) in [6.45, 7) is 0. The van der Waals surface area contributed by atoms with E-state index in [4.69, 9.17) is 4.74 Å². The van der Waals surface area contributed by atoms with E-state index in [1.54, 1.807) is 0 Å². The van der Waals surface area contributed by atoms with Crippen LogP contribution in [0.1, 0.15) is 53.1 Å². The minimum absolute atomic E-state index is 0.0716. The number of hydrogen-bond acceptors (Lipinski definition) is 5. The van der Waals surface area contributed by atoms with Crippen molar-refractivity contribution in [2.24, 2.45) is 0 Å². The fourth-order valence-electron chi connectivity index (χ4n) is 9.13. The largest absolute Gasteiger partial charge is 0.459 e. The van der Waals surface area contributed by atoms with Crippen molar-refractivity contribution >= 4 is 28.9 Å². The Kier molecular flexibility index (Phi) is 9.40. The van der Waals surface area contributed by atoms with E-state index in [9.17, 15) is 0 Å². The van der Waals surface area contributed by atoms with E-state index >= 15 is 0 Å². The van der Waals surface area contributed by atoms with Crippen LogP contribution in [0.3, 0.4) is 0 Å². The van der Waals surface area contributed by atoms with Crippen molar-refractivity contribution in [3.63, 3.8) is 0 Å². The van der Waals surface area contributed by atoms with Crippen LogP contribution in [0, 0.1) is 0 Å². The summed E-state index contributed by atoms with van der Waals surface area (Å²) >= 11 is 0. The molecule has 1 fully saturated rings. The van der Waals surface area contributed by atoms with Gasteiger partial charge in [0.2, 0.25) is 0 Å². The average molecular weight is 777 g/mol. The third kappa shape index (κ3) is 6.79. The first-order valence-electron chi connectivity index (χ1n) is 20.9. The Morgan fingerprint density at radius 2 is 0.917 bits per heavy atom. The normalized spacial score (nSPS) is 19.0. The van der Waals surface area contributed by atoms with Gasteiger partial charge in [-0.15, -0.1) is 0 Å². The van der Waals surface area contributed by atoms with Gasteiger partial charge in [0.1, 0.15) is 11.5 Å². The highest BCUT2D eigenvalue weighted by molar-refractivity contribution is 5.83. The van der Waals surface area contributed by atoms with Crippen LogP contribution in [0.25, 0.3) is 34.1 Å². The van der Waals surface area contributed by atoms with Crippen LogP contribution in [0.2, 0.25) is 0 Å². The summed E-state index contributed by atoms with van der Waals surface area (Å²) in [5.74, 6) is 2.13. The molecule has 0 spiro atoms. The molecule has 2 aliphatic heterocycles. The number of hydrogen-bond donors (Lipinski definition) is 3. The van der Waals surface area contributed by atoms with Crippen molar-refractivity contribution in [1.82, 2.24) is 16.0 Å². The van der Waals surface area contributed by atoms with Crippen molar-refractivity contribution in [1.29, 1.82) is 0 Å². The molecule has 11 rings (SSSR count). The summed E-state index contributed by atoms with van der Waals surface area (Å²) in [6.07, 6.45) is 2.96. The monoisotopic (exact) mass is 776 g/mol. The van der Waals surface area contributed by atoms with E-state index in [2.05, 4.69) is 233 Å². The first-order valence-corrected chi connectivity index (χ1v) is 20.9. The number of nitrogens with zero attached hydrogens (tertiary/aromatic N) is 1. The predicted octanol–water partition coefficient (Wildman–Crippen LogP) is 11.1. The molecular weight excluding hydrogens is 733 g/mol. The minimum Gasteiger partial charge on any atom is -0.459 e. The third-order valence-corrected chi connectivity index (χ3v) is 12.1. The Bertz CT molecular complexity index is 2850. The topological polar surface area (TPSA) is 48.6 Å². The lowest BCUT2D eigenvalue weighted by molar-refractivity contribution is 0.203. The number of ether oxygens (including phenoxy) is 1. The maximum Gasteiger partial charge on any atom is 0.138 e. The molecule has 0 amide bonds. The van der Waals surface area contributed by atoms with Crippen LogP contribution in [-0.2, 0) is 0 Å². The third-order valence-electron chi connectivity index (χ3n) is 12.1. The molecule has 1 saturated heterocycles. The predicted molar refractivity (Wildman–Crippen MR) is 244 cm³/mol. The van der Waals surface area contributed by atoms with Gasteiger partial charge in [0, 0.05) is 39.3 Å². The van der Waals surface area contributed by atoms with Crippen LogP contribution in [0.15, 0.2) is 206 Å². The van der Waals surface area contributed by atoms with Gasteiger partial charge >= 0.3 is 0 Å². The Hall–Kier alpha value is -7.02. The van der Waals surface area contributed by atoms with Gasteiger partial charge in [-0.3, -0.25) is 16.0 Å². The van der Waals surface area contributed by atoms with E-state index in [1.807, 2.05) is 0 Å². The van der Waals surface area contributed by atoms with Gasteiger partial charge in [-0.2, -0.15) is 0 Å². The SMILES string of the molecule is C1=c2ccccc2=C2Oc3c(-c4ccc(N(c5ccccc5)c5ccc(-c6ccccc6)cc5)cc4)cc(C4NC(c5ccccc5)NC(c5ccccc5)N4)cc3C2C1. The van der Waals surface area contributed by atoms with Gasteiger partial charge in [-0.25, -0.2) is 0 Å².